The van der Waals surface area contributed by atoms with Gasteiger partial charge in [-0.3, -0.25) is 9.09 Å². The van der Waals surface area contributed by atoms with Crippen LogP contribution in [0.3, 0.4) is 0 Å². The highest BCUT2D eigenvalue weighted by molar-refractivity contribution is 7.92. The van der Waals surface area contributed by atoms with Crippen LogP contribution in [0, 0.1) is 5.92 Å². The van der Waals surface area contributed by atoms with E-state index >= 15 is 0 Å². The maximum Gasteiger partial charge on any atom is 0.346 e. The van der Waals surface area contributed by atoms with Crippen molar-refractivity contribution in [3.05, 3.63) is 41.3 Å². The van der Waals surface area contributed by atoms with Crippen molar-refractivity contribution in [3.63, 3.8) is 0 Å². The molecule has 0 saturated carbocycles. The number of nitrogens with one attached hydrogen (secondary N) is 1. The van der Waals surface area contributed by atoms with Crippen LogP contribution in [0.25, 0.3) is 6.08 Å². The minimum absolute atomic E-state index is 0.602. The molecule has 2 unspecified atom stereocenters. The van der Waals surface area contributed by atoms with E-state index in [0.717, 1.165) is 5.41 Å². The number of hydrogen-bond donors (Lipinski definition) is 3. The summed E-state index contributed by atoms with van der Waals surface area (Å²) < 4.78 is 42.9. The Bertz CT molecular complexity index is 731. The van der Waals surface area contributed by atoms with Gasteiger partial charge in [-0.25, -0.2) is 13.2 Å². The standard InChI is InChI=1S/C14H20NO7PS/c1-11(2)14(23(18,19)22-10-13(16)17)15-24(20,21)9-8-12-6-4-3-5-7-12/h3-9,11,14-15H,10H2,1-2H3,(H,16,17)(H,18,19). The maximum absolute atomic E-state index is 12.1. The molecule has 0 radical (unpaired) electrons. The van der Waals surface area contributed by atoms with Gasteiger partial charge in [0.15, 0.2) is 6.61 Å². The highest BCUT2D eigenvalue weighted by Crippen LogP contribution is 2.49. The Balaban J connectivity index is 2.92. The summed E-state index contributed by atoms with van der Waals surface area (Å²) in [5.41, 5.74) is 0.637. The van der Waals surface area contributed by atoms with Gasteiger partial charge in [0.05, 0.1) is 0 Å². The number of carboxylic acids is 1. The van der Waals surface area contributed by atoms with Crippen molar-refractivity contribution >= 4 is 29.7 Å². The van der Waals surface area contributed by atoms with Gasteiger partial charge in [0.2, 0.25) is 10.0 Å². The van der Waals surface area contributed by atoms with E-state index in [9.17, 15) is 22.7 Å². The molecule has 0 heterocycles. The van der Waals surface area contributed by atoms with Gasteiger partial charge in [0.1, 0.15) is 5.78 Å². The molecule has 24 heavy (non-hydrogen) atoms. The first-order valence-corrected chi connectivity index (χ1v) is 10.2. The van der Waals surface area contributed by atoms with Crippen LogP contribution in [0.15, 0.2) is 35.7 Å². The second-order valence-corrected chi connectivity index (χ2v) is 8.84. The van der Waals surface area contributed by atoms with Crippen LogP contribution in [-0.2, 0) is 23.9 Å². The van der Waals surface area contributed by atoms with Crippen molar-refractivity contribution in [1.82, 2.24) is 4.72 Å². The second kappa shape index (κ2) is 8.55. The Morgan fingerprint density at radius 3 is 2.42 bits per heavy atom. The number of aliphatic carboxylic acids is 1. The molecule has 8 nitrogen and oxygen atoms in total. The highest BCUT2D eigenvalue weighted by Gasteiger charge is 2.38. The molecule has 3 N–H and O–H groups in total. The molecule has 2 atom stereocenters. The summed E-state index contributed by atoms with van der Waals surface area (Å²) in [6.07, 6.45) is 1.33. The predicted octanol–water partition coefficient (Wildman–Crippen LogP) is 1.85. The first-order chi connectivity index (χ1) is 11.0. The normalized spacial score (nSPS) is 16.2. The summed E-state index contributed by atoms with van der Waals surface area (Å²) in [6.45, 7) is 2.03. The zero-order valence-electron chi connectivity index (χ0n) is 13.2. The molecule has 0 amide bonds. The van der Waals surface area contributed by atoms with E-state index in [1.807, 2.05) is 0 Å². The van der Waals surface area contributed by atoms with Crippen molar-refractivity contribution in [3.8, 4) is 0 Å². The van der Waals surface area contributed by atoms with Gasteiger partial charge in [0.25, 0.3) is 0 Å². The molecule has 0 saturated heterocycles. The SMILES string of the molecule is CC(C)C(NS(=O)(=O)C=Cc1ccccc1)P(=O)(O)OCC(=O)O. The average molecular weight is 377 g/mol. The zero-order valence-corrected chi connectivity index (χ0v) is 14.9. The molecular formula is C14H20NO7PS. The van der Waals surface area contributed by atoms with E-state index in [2.05, 4.69) is 9.25 Å². The molecule has 0 spiro atoms. The monoisotopic (exact) mass is 377 g/mol. The molecule has 0 fully saturated rings. The lowest BCUT2D eigenvalue weighted by Crippen LogP contribution is -2.38. The molecule has 134 valence electrons. The number of rotatable bonds is 9. The summed E-state index contributed by atoms with van der Waals surface area (Å²) in [4.78, 5) is 20.3. The van der Waals surface area contributed by atoms with Gasteiger partial charge in [-0.2, -0.15) is 4.72 Å². The smallest absolute Gasteiger partial charge is 0.346 e. The fourth-order valence-corrected chi connectivity index (χ4v) is 4.95. The van der Waals surface area contributed by atoms with E-state index in [1.165, 1.54) is 19.9 Å². The van der Waals surface area contributed by atoms with Crippen LogP contribution in [0.5, 0.6) is 0 Å². The zero-order chi connectivity index (χ0) is 18.4. The Labute approximate surface area is 140 Å². The van der Waals surface area contributed by atoms with Crippen LogP contribution >= 0.6 is 7.60 Å². The Morgan fingerprint density at radius 1 is 1.33 bits per heavy atom. The van der Waals surface area contributed by atoms with Gasteiger partial charge in [-0.15, -0.1) is 0 Å². The van der Waals surface area contributed by atoms with Crippen LogP contribution in [0.1, 0.15) is 19.4 Å². The summed E-state index contributed by atoms with van der Waals surface area (Å²) in [5.74, 6) is -3.50. The van der Waals surface area contributed by atoms with Crippen LogP contribution in [0.4, 0.5) is 0 Å². The summed E-state index contributed by atoms with van der Waals surface area (Å²) in [5, 5.41) is 9.40. The first kappa shape index (κ1) is 20.5. The van der Waals surface area contributed by atoms with E-state index in [0.29, 0.717) is 5.56 Å². The lowest BCUT2D eigenvalue weighted by atomic mass is 10.2. The number of hydrogen-bond acceptors (Lipinski definition) is 5. The van der Waals surface area contributed by atoms with Crippen LogP contribution in [0.2, 0.25) is 0 Å². The third kappa shape index (κ3) is 6.94. The lowest BCUT2D eigenvalue weighted by Gasteiger charge is -2.25. The topological polar surface area (TPSA) is 130 Å². The molecule has 10 heteroatoms. The number of sulfonamides is 1. The molecule has 0 aliphatic rings. The van der Waals surface area contributed by atoms with Gasteiger partial charge >= 0.3 is 13.6 Å². The van der Waals surface area contributed by atoms with Crippen molar-refractivity contribution < 1.29 is 32.3 Å². The van der Waals surface area contributed by atoms with Crippen molar-refractivity contribution in [2.75, 3.05) is 6.61 Å². The summed E-state index contributed by atoms with van der Waals surface area (Å²) in [7, 11) is -8.55. The molecule has 1 aromatic carbocycles. The largest absolute Gasteiger partial charge is 0.480 e. The second-order valence-electron chi connectivity index (χ2n) is 5.30. The maximum atomic E-state index is 12.1. The third-order valence-electron chi connectivity index (χ3n) is 2.88. The number of benzene rings is 1. The minimum Gasteiger partial charge on any atom is -0.480 e. The Hall–Kier alpha value is -1.51. The van der Waals surface area contributed by atoms with Crippen molar-refractivity contribution in [2.24, 2.45) is 5.92 Å². The minimum atomic E-state index is -4.51. The summed E-state index contributed by atoms with van der Waals surface area (Å²) in [6, 6.07) is 8.63. The number of carbonyl (C=O) groups is 1. The predicted molar refractivity (Wildman–Crippen MR) is 89.6 cm³/mol. The molecule has 1 rings (SSSR count). The molecule has 0 aromatic heterocycles. The van der Waals surface area contributed by atoms with Crippen LogP contribution < -0.4 is 4.72 Å². The fourth-order valence-electron chi connectivity index (χ4n) is 1.75. The third-order valence-corrected chi connectivity index (χ3v) is 6.06. The molecular weight excluding hydrogens is 357 g/mol. The van der Waals surface area contributed by atoms with E-state index in [4.69, 9.17) is 5.11 Å². The Kier molecular flexibility index (Phi) is 7.31. The van der Waals surface area contributed by atoms with Crippen molar-refractivity contribution in [1.29, 1.82) is 0 Å². The highest BCUT2D eigenvalue weighted by atomic mass is 32.2. The van der Waals surface area contributed by atoms with Gasteiger partial charge in [-0.1, -0.05) is 44.2 Å². The van der Waals surface area contributed by atoms with E-state index in [-0.39, 0.29) is 0 Å². The number of carboxylic acid groups (broad SMARTS) is 1. The quantitative estimate of drug-likeness (QED) is 0.560. The van der Waals surface area contributed by atoms with Crippen LogP contribution in [-0.4, -0.2) is 36.8 Å². The van der Waals surface area contributed by atoms with E-state index in [1.54, 1.807) is 30.3 Å². The van der Waals surface area contributed by atoms with E-state index < -0.39 is 41.9 Å². The van der Waals surface area contributed by atoms with Crippen molar-refractivity contribution in [2.45, 2.75) is 19.6 Å². The lowest BCUT2D eigenvalue weighted by molar-refractivity contribution is -0.139. The summed E-state index contributed by atoms with van der Waals surface area (Å²) >= 11 is 0. The molecule has 0 aliphatic carbocycles. The van der Waals surface area contributed by atoms with Gasteiger partial charge < -0.3 is 10.00 Å². The fraction of sp³-hybridized carbons (Fsp3) is 0.357. The molecule has 0 aliphatic heterocycles. The van der Waals surface area contributed by atoms with Gasteiger partial charge in [-0.05, 0) is 17.6 Å². The average Bonchev–Trinajstić information content (AvgIpc) is 2.50. The Morgan fingerprint density at radius 2 is 1.92 bits per heavy atom. The van der Waals surface area contributed by atoms with Gasteiger partial charge in [0, 0.05) is 5.41 Å². The first-order valence-electron chi connectivity index (χ1n) is 6.98. The molecule has 0 bridgehead atoms. The molecule has 1 aromatic rings.